The van der Waals surface area contributed by atoms with Crippen molar-refractivity contribution in [2.45, 2.75) is 12.5 Å². The third-order valence-electron chi connectivity index (χ3n) is 3.30. The van der Waals surface area contributed by atoms with Crippen LogP contribution >= 0.6 is 0 Å². The smallest absolute Gasteiger partial charge is 0.226 e. The number of rotatable bonds is 6. The van der Waals surface area contributed by atoms with Gasteiger partial charge in [0.05, 0.1) is 14.2 Å². The number of carbonyl (C=O) groups excluding carboxylic acids is 1. The van der Waals surface area contributed by atoms with Gasteiger partial charge in [-0.1, -0.05) is 30.3 Å². The predicted octanol–water partition coefficient (Wildman–Crippen LogP) is 2.73. The van der Waals surface area contributed by atoms with Gasteiger partial charge < -0.3 is 20.5 Å². The molecule has 22 heavy (non-hydrogen) atoms. The van der Waals surface area contributed by atoms with E-state index in [2.05, 4.69) is 5.32 Å². The lowest BCUT2D eigenvalue weighted by Crippen LogP contribution is -2.20. The van der Waals surface area contributed by atoms with Gasteiger partial charge in [-0.3, -0.25) is 4.79 Å². The number of hydrogen-bond acceptors (Lipinski definition) is 4. The zero-order valence-electron chi connectivity index (χ0n) is 12.7. The zero-order valence-corrected chi connectivity index (χ0v) is 12.7. The van der Waals surface area contributed by atoms with E-state index in [1.807, 2.05) is 30.3 Å². The minimum atomic E-state index is -0.332. The van der Waals surface area contributed by atoms with Crippen LogP contribution in [0.15, 0.2) is 48.5 Å². The lowest BCUT2D eigenvalue weighted by Gasteiger charge is -2.13. The van der Waals surface area contributed by atoms with Crippen molar-refractivity contribution in [2.24, 2.45) is 5.73 Å². The van der Waals surface area contributed by atoms with Crippen molar-refractivity contribution in [1.29, 1.82) is 0 Å². The summed E-state index contributed by atoms with van der Waals surface area (Å²) >= 11 is 0. The zero-order chi connectivity index (χ0) is 15.9. The van der Waals surface area contributed by atoms with Crippen molar-refractivity contribution in [3.05, 3.63) is 54.1 Å². The Morgan fingerprint density at radius 3 is 2.41 bits per heavy atom. The van der Waals surface area contributed by atoms with Crippen molar-refractivity contribution in [3.8, 4) is 11.5 Å². The molecule has 0 aromatic heterocycles. The van der Waals surface area contributed by atoms with E-state index in [0.29, 0.717) is 17.2 Å². The van der Waals surface area contributed by atoms with Crippen molar-refractivity contribution in [1.82, 2.24) is 0 Å². The van der Waals surface area contributed by atoms with Crippen LogP contribution in [0.1, 0.15) is 18.0 Å². The van der Waals surface area contributed by atoms with Gasteiger partial charge in [0.15, 0.2) is 11.5 Å². The molecule has 3 N–H and O–H groups in total. The summed E-state index contributed by atoms with van der Waals surface area (Å²) in [5.41, 5.74) is 7.62. The highest BCUT2D eigenvalue weighted by Crippen LogP contribution is 2.29. The summed E-state index contributed by atoms with van der Waals surface area (Å²) in [6.45, 7) is 0. The fourth-order valence-corrected chi connectivity index (χ4v) is 2.14. The molecule has 0 aliphatic heterocycles. The van der Waals surface area contributed by atoms with Gasteiger partial charge in [0.25, 0.3) is 0 Å². The van der Waals surface area contributed by atoms with Gasteiger partial charge in [0, 0.05) is 24.2 Å². The highest BCUT2D eigenvalue weighted by atomic mass is 16.5. The molecular formula is C17H20N2O3. The summed E-state index contributed by atoms with van der Waals surface area (Å²) in [6.07, 6.45) is 0.207. The van der Waals surface area contributed by atoms with Gasteiger partial charge in [-0.15, -0.1) is 0 Å². The Hall–Kier alpha value is -2.53. The Labute approximate surface area is 130 Å². The molecule has 0 spiro atoms. The first-order valence-corrected chi connectivity index (χ1v) is 6.96. The SMILES string of the molecule is COc1ccc(NC(=O)CC(N)c2ccccc2)cc1OC. The van der Waals surface area contributed by atoms with Crippen LogP contribution < -0.4 is 20.5 Å². The van der Waals surface area contributed by atoms with Crippen LogP contribution in [0.25, 0.3) is 0 Å². The van der Waals surface area contributed by atoms with Crippen molar-refractivity contribution in [3.63, 3.8) is 0 Å². The molecule has 5 heteroatoms. The maximum Gasteiger partial charge on any atom is 0.226 e. The van der Waals surface area contributed by atoms with Crippen molar-refractivity contribution in [2.75, 3.05) is 19.5 Å². The molecule has 116 valence electrons. The maximum absolute atomic E-state index is 12.1. The third kappa shape index (κ3) is 3.99. The van der Waals surface area contributed by atoms with E-state index in [9.17, 15) is 4.79 Å². The lowest BCUT2D eigenvalue weighted by atomic mass is 10.0. The van der Waals surface area contributed by atoms with Crippen LogP contribution in [0.2, 0.25) is 0 Å². The largest absolute Gasteiger partial charge is 0.493 e. The molecular weight excluding hydrogens is 280 g/mol. The van der Waals surface area contributed by atoms with Crippen LogP contribution in [0.4, 0.5) is 5.69 Å². The monoisotopic (exact) mass is 300 g/mol. The van der Waals surface area contributed by atoms with Crippen LogP contribution in [0.5, 0.6) is 11.5 Å². The number of nitrogens with two attached hydrogens (primary N) is 1. The van der Waals surface area contributed by atoms with Gasteiger partial charge >= 0.3 is 0 Å². The molecule has 1 atom stereocenters. The fourth-order valence-electron chi connectivity index (χ4n) is 2.14. The fraction of sp³-hybridized carbons (Fsp3) is 0.235. The third-order valence-corrected chi connectivity index (χ3v) is 3.30. The molecule has 2 aromatic carbocycles. The Morgan fingerprint density at radius 2 is 1.77 bits per heavy atom. The number of ether oxygens (including phenoxy) is 2. The second-order valence-corrected chi connectivity index (χ2v) is 4.84. The van der Waals surface area contributed by atoms with E-state index >= 15 is 0 Å². The van der Waals surface area contributed by atoms with E-state index in [4.69, 9.17) is 15.2 Å². The standard InChI is InChI=1S/C17H20N2O3/c1-21-15-9-8-13(10-16(15)22-2)19-17(20)11-14(18)12-6-4-3-5-7-12/h3-10,14H,11,18H2,1-2H3,(H,19,20). The molecule has 0 aliphatic rings. The van der Waals surface area contributed by atoms with Crippen LogP contribution in [0, 0.1) is 0 Å². The summed E-state index contributed by atoms with van der Waals surface area (Å²) in [5.74, 6) is 1.03. The van der Waals surface area contributed by atoms with Gasteiger partial charge in [-0.25, -0.2) is 0 Å². The van der Waals surface area contributed by atoms with Crippen LogP contribution in [0.3, 0.4) is 0 Å². The summed E-state index contributed by atoms with van der Waals surface area (Å²) in [5, 5.41) is 2.81. The number of anilines is 1. The predicted molar refractivity (Wildman–Crippen MR) is 86.2 cm³/mol. The topological polar surface area (TPSA) is 73.6 Å². The number of carbonyl (C=O) groups is 1. The molecule has 0 radical (unpaired) electrons. The normalized spacial score (nSPS) is 11.6. The first-order valence-electron chi connectivity index (χ1n) is 6.96. The van der Waals surface area contributed by atoms with Gasteiger partial charge in [0.2, 0.25) is 5.91 Å². The second-order valence-electron chi connectivity index (χ2n) is 4.84. The average molecular weight is 300 g/mol. The Bertz CT molecular complexity index is 629. The molecule has 2 aromatic rings. The summed E-state index contributed by atoms with van der Waals surface area (Å²) in [6, 6.07) is 14.4. The van der Waals surface area contributed by atoms with Crippen LogP contribution in [-0.2, 0) is 4.79 Å². The molecule has 0 saturated carbocycles. The average Bonchev–Trinajstić information content (AvgIpc) is 2.55. The molecule has 0 fully saturated rings. The molecule has 1 unspecified atom stereocenters. The highest BCUT2D eigenvalue weighted by molar-refractivity contribution is 5.91. The maximum atomic E-state index is 12.1. The first kappa shape index (κ1) is 15.9. The molecule has 0 saturated heterocycles. The minimum Gasteiger partial charge on any atom is -0.493 e. The Morgan fingerprint density at radius 1 is 1.09 bits per heavy atom. The lowest BCUT2D eigenvalue weighted by molar-refractivity contribution is -0.116. The number of nitrogens with one attached hydrogen (secondary N) is 1. The van der Waals surface area contributed by atoms with Crippen molar-refractivity contribution >= 4 is 11.6 Å². The molecule has 2 rings (SSSR count). The summed E-state index contributed by atoms with van der Waals surface area (Å²) < 4.78 is 10.4. The van der Waals surface area contributed by atoms with E-state index in [-0.39, 0.29) is 18.4 Å². The van der Waals surface area contributed by atoms with E-state index in [0.717, 1.165) is 5.56 Å². The Kier molecular flexibility index (Phi) is 5.38. The first-order chi connectivity index (χ1) is 10.6. The molecule has 0 aliphatic carbocycles. The minimum absolute atomic E-state index is 0.149. The second kappa shape index (κ2) is 7.47. The Balaban J connectivity index is 2.00. The summed E-state index contributed by atoms with van der Waals surface area (Å²) in [4.78, 5) is 12.1. The molecule has 1 amide bonds. The van der Waals surface area contributed by atoms with Gasteiger partial charge in [0.1, 0.15) is 0 Å². The van der Waals surface area contributed by atoms with E-state index in [1.54, 1.807) is 32.4 Å². The van der Waals surface area contributed by atoms with E-state index in [1.165, 1.54) is 0 Å². The number of hydrogen-bond donors (Lipinski definition) is 2. The molecule has 5 nitrogen and oxygen atoms in total. The number of amides is 1. The highest BCUT2D eigenvalue weighted by Gasteiger charge is 2.12. The van der Waals surface area contributed by atoms with E-state index < -0.39 is 0 Å². The quantitative estimate of drug-likeness (QED) is 0.860. The number of methoxy groups -OCH3 is 2. The van der Waals surface area contributed by atoms with Gasteiger partial charge in [-0.05, 0) is 17.7 Å². The van der Waals surface area contributed by atoms with Gasteiger partial charge in [-0.2, -0.15) is 0 Å². The molecule has 0 heterocycles. The molecule has 0 bridgehead atoms. The number of benzene rings is 2. The summed E-state index contributed by atoms with van der Waals surface area (Å²) in [7, 11) is 3.11. The van der Waals surface area contributed by atoms with Crippen LogP contribution in [-0.4, -0.2) is 20.1 Å². The van der Waals surface area contributed by atoms with Crippen molar-refractivity contribution < 1.29 is 14.3 Å².